The number of carbonyl (C=O) groups is 1. The Bertz CT molecular complexity index is 728. The molecule has 3 aromatic rings. The lowest BCUT2D eigenvalue weighted by Crippen LogP contribution is -2.16. The average Bonchev–Trinajstić information content (AvgIpc) is 3.19. The van der Waals surface area contributed by atoms with Crippen LogP contribution in [0.1, 0.15) is 6.42 Å². The molecule has 0 aliphatic rings. The number of carbonyl (C=O) groups excluding carboxylic acids is 1. The quantitative estimate of drug-likeness (QED) is 0.720. The molecule has 3 heterocycles. The van der Waals surface area contributed by atoms with Crippen molar-refractivity contribution in [3.63, 3.8) is 0 Å². The van der Waals surface area contributed by atoms with E-state index in [1.807, 2.05) is 16.8 Å². The fourth-order valence-electron chi connectivity index (χ4n) is 1.64. The molecule has 0 saturated carbocycles. The molecule has 9 heteroatoms. The molecule has 7 nitrogen and oxygen atoms in total. The van der Waals surface area contributed by atoms with Crippen LogP contribution in [0.3, 0.4) is 0 Å². The first-order valence-corrected chi connectivity index (χ1v) is 8.24. The molecular weight excluding hydrogens is 320 g/mol. The first-order chi connectivity index (χ1) is 10.8. The van der Waals surface area contributed by atoms with E-state index in [1.54, 1.807) is 29.8 Å². The van der Waals surface area contributed by atoms with E-state index < -0.39 is 0 Å². The largest absolute Gasteiger partial charge is 0.354 e. The molecule has 112 valence electrons. The topological polar surface area (TPSA) is 92.7 Å². The lowest BCUT2D eigenvalue weighted by Gasteiger charge is -2.03. The maximum absolute atomic E-state index is 11.8. The molecular formula is C13H12N6OS2. The van der Waals surface area contributed by atoms with Crippen molar-refractivity contribution in [2.75, 3.05) is 17.2 Å². The van der Waals surface area contributed by atoms with E-state index >= 15 is 0 Å². The molecule has 0 bridgehead atoms. The summed E-state index contributed by atoms with van der Waals surface area (Å²) in [6.45, 7) is 0.450. The number of amides is 1. The van der Waals surface area contributed by atoms with Gasteiger partial charge in [-0.15, -0.1) is 10.2 Å². The summed E-state index contributed by atoms with van der Waals surface area (Å²) in [7, 11) is 0. The Balaban J connectivity index is 1.48. The van der Waals surface area contributed by atoms with Gasteiger partial charge in [0, 0.05) is 36.3 Å². The highest BCUT2D eigenvalue weighted by Crippen LogP contribution is 2.27. The van der Waals surface area contributed by atoms with Crippen LogP contribution in [-0.4, -0.2) is 32.6 Å². The smallest absolute Gasteiger partial charge is 0.227 e. The molecule has 3 aromatic heterocycles. The SMILES string of the molecule is O=C(CCNc1ncccn1)Nc1nnc(-c2ccsc2)s1. The van der Waals surface area contributed by atoms with Crippen molar-refractivity contribution in [3.8, 4) is 10.6 Å². The summed E-state index contributed by atoms with van der Waals surface area (Å²) in [5, 5.41) is 19.0. The van der Waals surface area contributed by atoms with Gasteiger partial charge in [-0.05, 0) is 17.5 Å². The summed E-state index contributed by atoms with van der Waals surface area (Å²) in [6.07, 6.45) is 3.58. The van der Waals surface area contributed by atoms with Gasteiger partial charge in [0.15, 0.2) is 0 Å². The number of anilines is 2. The summed E-state index contributed by atoms with van der Waals surface area (Å²) < 4.78 is 0. The second kappa shape index (κ2) is 7.05. The first kappa shape index (κ1) is 14.5. The molecule has 0 radical (unpaired) electrons. The highest BCUT2D eigenvalue weighted by Gasteiger charge is 2.09. The Hall–Kier alpha value is -2.39. The maximum atomic E-state index is 11.8. The summed E-state index contributed by atoms with van der Waals surface area (Å²) in [6, 6.07) is 3.71. The third-order valence-electron chi connectivity index (χ3n) is 2.64. The first-order valence-electron chi connectivity index (χ1n) is 6.48. The van der Waals surface area contributed by atoms with Gasteiger partial charge in [0.1, 0.15) is 5.01 Å². The number of nitrogens with one attached hydrogen (secondary N) is 2. The van der Waals surface area contributed by atoms with Gasteiger partial charge in [0.25, 0.3) is 0 Å². The molecule has 2 N–H and O–H groups in total. The minimum atomic E-state index is -0.128. The fraction of sp³-hybridized carbons (Fsp3) is 0.154. The Morgan fingerprint density at radius 3 is 2.86 bits per heavy atom. The predicted molar refractivity (Wildman–Crippen MR) is 87.0 cm³/mol. The van der Waals surface area contributed by atoms with E-state index in [0.717, 1.165) is 10.6 Å². The van der Waals surface area contributed by atoms with Crippen molar-refractivity contribution in [3.05, 3.63) is 35.3 Å². The van der Waals surface area contributed by atoms with E-state index in [-0.39, 0.29) is 5.91 Å². The summed E-state index contributed by atoms with van der Waals surface area (Å²) in [5.74, 6) is 0.377. The molecule has 0 unspecified atom stereocenters. The zero-order chi connectivity index (χ0) is 15.2. The zero-order valence-corrected chi connectivity index (χ0v) is 13.0. The van der Waals surface area contributed by atoms with Crippen LogP contribution in [0.4, 0.5) is 11.1 Å². The Labute approximate surface area is 134 Å². The Kier molecular flexibility index (Phi) is 4.66. The highest BCUT2D eigenvalue weighted by atomic mass is 32.1. The predicted octanol–water partition coefficient (Wildman–Crippen LogP) is 2.50. The molecule has 0 atom stereocenters. The van der Waals surface area contributed by atoms with Gasteiger partial charge in [-0.25, -0.2) is 9.97 Å². The molecule has 0 aliphatic heterocycles. The van der Waals surface area contributed by atoms with Crippen molar-refractivity contribution in [1.29, 1.82) is 0 Å². The number of nitrogens with zero attached hydrogens (tertiary/aromatic N) is 4. The standard InChI is InChI=1S/C13H12N6OS2/c20-10(2-6-16-12-14-4-1-5-15-12)17-13-19-18-11(22-13)9-3-7-21-8-9/h1,3-5,7-8H,2,6H2,(H,14,15,16)(H,17,19,20). The van der Waals surface area contributed by atoms with Crippen molar-refractivity contribution >= 4 is 39.7 Å². The third kappa shape index (κ3) is 3.83. The van der Waals surface area contributed by atoms with Crippen LogP contribution in [0.15, 0.2) is 35.3 Å². The van der Waals surface area contributed by atoms with Gasteiger partial charge in [0.2, 0.25) is 17.0 Å². The lowest BCUT2D eigenvalue weighted by molar-refractivity contribution is -0.115. The van der Waals surface area contributed by atoms with Crippen molar-refractivity contribution in [2.24, 2.45) is 0 Å². The minimum Gasteiger partial charge on any atom is -0.354 e. The number of hydrogen-bond acceptors (Lipinski definition) is 8. The van der Waals surface area contributed by atoms with E-state index in [1.165, 1.54) is 11.3 Å². The number of hydrogen-bond donors (Lipinski definition) is 2. The molecule has 0 spiro atoms. The monoisotopic (exact) mass is 332 g/mol. The number of thiophene rings is 1. The number of aromatic nitrogens is 4. The van der Waals surface area contributed by atoms with Crippen LogP contribution in [-0.2, 0) is 4.79 Å². The fourth-order valence-corrected chi connectivity index (χ4v) is 3.11. The zero-order valence-electron chi connectivity index (χ0n) is 11.4. The van der Waals surface area contributed by atoms with Crippen LogP contribution >= 0.6 is 22.7 Å². The normalized spacial score (nSPS) is 10.4. The molecule has 1 amide bonds. The van der Waals surface area contributed by atoms with Crippen LogP contribution < -0.4 is 10.6 Å². The third-order valence-corrected chi connectivity index (χ3v) is 4.21. The molecule has 0 aromatic carbocycles. The van der Waals surface area contributed by atoms with Gasteiger partial charge in [-0.1, -0.05) is 11.3 Å². The molecule has 3 rings (SSSR count). The van der Waals surface area contributed by atoms with Crippen molar-refractivity contribution in [2.45, 2.75) is 6.42 Å². The highest BCUT2D eigenvalue weighted by molar-refractivity contribution is 7.19. The van der Waals surface area contributed by atoms with Crippen LogP contribution in [0.5, 0.6) is 0 Å². The van der Waals surface area contributed by atoms with Crippen molar-refractivity contribution < 1.29 is 4.79 Å². The van der Waals surface area contributed by atoms with Gasteiger partial charge >= 0.3 is 0 Å². The van der Waals surface area contributed by atoms with Crippen LogP contribution in [0.25, 0.3) is 10.6 Å². The van der Waals surface area contributed by atoms with Gasteiger partial charge < -0.3 is 10.6 Å². The Morgan fingerprint density at radius 2 is 2.09 bits per heavy atom. The van der Waals surface area contributed by atoms with Crippen LogP contribution in [0, 0.1) is 0 Å². The van der Waals surface area contributed by atoms with E-state index in [0.29, 0.717) is 24.0 Å². The second-order valence-corrected chi connectivity index (χ2v) is 5.98. The molecule has 0 aliphatic carbocycles. The molecule has 22 heavy (non-hydrogen) atoms. The van der Waals surface area contributed by atoms with E-state index in [4.69, 9.17) is 0 Å². The maximum Gasteiger partial charge on any atom is 0.227 e. The summed E-state index contributed by atoms with van der Waals surface area (Å²) in [5.41, 5.74) is 1.02. The molecule has 0 saturated heterocycles. The average molecular weight is 332 g/mol. The molecule has 0 fully saturated rings. The van der Waals surface area contributed by atoms with E-state index in [9.17, 15) is 4.79 Å². The Morgan fingerprint density at radius 1 is 1.23 bits per heavy atom. The van der Waals surface area contributed by atoms with E-state index in [2.05, 4.69) is 30.8 Å². The lowest BCUT2D eigenvalue weighted by atomic mass is 10.4. The minimum absolute atomic E-state index is 0.128. The van der Waals surface area contributed by atoms with Crippen LogP contribution in [0.2, 0.25) is 0 Å². The van der Waals surface area contributed by atoms with Gasteiger partial charge in [0.05, 0.1) is 0 Å². The second-order valence-electron chi connectivity index (χ2n) is 4.22. The summed E-state index contributed by atoms with van der Waals surface area (Å²) >= 11 is 2.95. The number of rotatable bonds is 6. The van der Waals surface area contributed by atoms with Gasteiger partial charge in [-0.2, -0.15) is 11.3 Å². The van der Waals surface area contributed by atoms with Crippen molar-refractivity contribution in [1.82, 2.24) is 20.2 Å². The summed E-state index contributed by atoms with van der Waals surface area (Å²) in [4.78, 5) is 19.9. The van der Waals surface area contributed by atoms with Gasteiger partial charge in [-0.3, -0.25) is 4.79 Å².